The van der Waals surface area contributed by atoms with Gasteiger partial charge in [0, 0.05) is 4.47 Å². The van der Waals surface area contributed by atoms with Gasteiger partial charge in [-0.25, -0.2) is 4.79 Å². The van der Waals surface area contributed by atoms with Crippen LogP contribution in [0.2, 0.25) is 0 Å². The van der Waals surface area contributed by atoms with E-state index in [0.29, 0.717) is 4.47 Å². The average molecular weight is 312 g/mol. The smallest absolute Gasteiger partial charge is 0.337 e. The first-order chi connectivity index (χ1) is 8.58. The lowest BCUT2D eigenvalue weighted by molar-refractivity contribution is 0.0698. The minimum absolute atomic E-state index is 0.0324. The zero-order chi connectivity index (χ0) is 13.1. The van der Waals surface area contributed by atoms with Gasteiger partial charge in [0.2, 0.25) is 0 Å². The van der Waals surface area contributed by atoms with E-state index >= 15 is 0 Å². The normalized spacial score (nSPS) is 10.1. The standard InChI is InChI=1S/C9H6BrN5O3/c10-4-1-2-5(9(17)18)6(3-4)11-8(16)7-12-14-15-13-7/h1-3H,(H,11,16)(H,17,18)(H,12,13,14,15). The van der Waals surface area contributed by atoms with Gasteiger partial charge >= 0.3 is 5.97 Å². The maximum Gasteiger partial charge on any atom is 0.337 e. The van der Waals surface area contributed by atoms with Gasteiger partial charge in [-0.1, -0.05) is 15.9 Å². The van der Waals surface area contributed by atoms with Gasteiger partial charge in [-0.2, -0.15) is 5.21 Å². The molecule has 0 unspecified atom stereocenters. The van der Waals surface area contributed by atoms with Gasteiger partial charge in [0.25, 0.3) is 11.7 Å². The van der Waals surface area contributed by atoms with Gasteiger partial charge in [0.15, 0.2) is 0 Å². The quantitative estimate of drug-likeness (QED) is 0.774. The fourth-order valence-electron chi connectivity index (χ4n) is 1.24. The molecular formula is C9H6BrN5O3. The van der Waals surface area contributed by atoms with E-state index in [1.807, 2.05) is 0 Å². The topological polar surface area (TPSA) is 121 Å². The Morgan fingerprint density at radius 2 is 2.17 bits per heavy atom. The predicted octanol–water partition coefficient (Wildman–Crippen LogP) is 0.913. The third-order valence-electron chi connectivity index (χ3n) is 2.01. The predicted molar refractivity (Wildman–Crippen MR) is 63.2 cm³/mol. The maximum absolute atomic E-state index is 11.7. The number of benzene rings is 1. The third-order valence-corrected chi connectivity index (χ3v) is 2.50. The second kappa shape index (κ2) is 4.92. The van der Waals surface area contributed by atoms with Crippen molar-refractivity contribution in [1.82, 2.24) is 20.6 Å². The first-order valence-electron chi connectivity index (χ1n) is 4.65. The molecule has 0 aliphatic heterocycles. The number of anilines is 1. The Bertz CT molecular complexity index is 598. The van der Waals surface area contributed by atoms with E-state index in [4.69, 9.17) is 5.11 Å². The highest BCUT2D eigenvalue weighted by Gasteiger charge is 2.16. The molecule has 1 aromatic heterocycles. The summed E-state index contributed by atoms with van der Waals surface area (Å²) in [7, 11) is 0. The summed E-state index contributed by atoms with van der Waals surface area (Å²) in [6.07, 6.45) is 0. The lowest BCUT2D eigenvalue weighted by Gasteiger charge is -2.06. The highest BCUT2D eigenvalue weighted by Crippen LogP contribution is 2.21. The van der Waals surface area contributed by atoms with Crippen molar-refractivity contribution < 1.29 is 14.7 Å². The van der Waals surface area contributed by atoms with E-state index in [0.717, 1.165) is 0 Å². The minimum atomic E-state index is -1.15. The van der Waals surface area contributed by atoms with Crippen molar-refractivity contribution in [1.29, 1.82) is 0 Å². The number of halogens is 1. The number of carboxylic acid groups (broad SMARTS) is 1. The third kappa shape index (κ3) is 2.51. The van der Waals surface area contributed by atoms with E-state index in [-0.39, 0.29) is 17.1 Å². The van der Waals surface area contributed by atoms with E-state index < -0.39 is 11.9 Å². The second-order valence-electron chi connectivity index (χ2n) is 3.18. The largest absolute Gasteiger partial charge is 0.478 e. The number of hydrogen-bond acceptors (Lipinski definition) is 5. The number of carbonyl (C=O) groups excluding carboxylic acids is 1. The Hall–Kier alpha value is -2.29. The number of aromatic nitrogens is 4. The molecule has 0 spiro atoms. The van der Waals surface area contributed by atoms with Crippen LogP contribution < -0.4 is 5.32 Å². The van der Waals surface area contributed by atoms with Crippen LogP contribution in [0.4, 0.5) is 5.69 Å². The van der Waals surface area contributed by atoms with Gasteiger partial charge in [-0.15, -0.1) is 10.2 Å². The van der Waals surface area contributed by atoms with Crippen LogP contribution in [0.1, 0.15) is 21.0 Å². The maximum atomic E-state index is 11.7. The Morgan fingerprint density at radius 1 is 1.39 bits per heavy atom. The van der Waals surface area contributed by atoms with Crippen LogP contribution in [0.5, 0.6) is 0 Å². The van der Waals surface area contributed by atoms with E-state index in [9.17, 15) is 9.59 Å². The number of aromatic amines is 1. The second-order valence-corrected chi connectivity index (χ2v) is 4.10. The number of aromatic carboxylic acids is 1. The molecule has 0 saturated heterocycles. The molecule has 0 bridgehead atoms. The number of rotatable bonds is 3. The zero-order valence-electron chi connectivity index (χ0n) is 8.72. The van der Waals surface area contributed by atoms with Crippen molar-refractivity contribution in [3.63, 3.8) is 0 Å². The van der Waals surface area contributed by atoms with Crippen molar-refractivity contribution in [2.24, 2.45) is 0 Å². The summed E-state index contributed by atoms with van der Waals surface area (Å²) in [5.74, 6) is -1.97. The highest BCUT2D eigenvalue weighted by molar-refractivity contribution is 9.10. The summed E-state index contributed by atoms with van der Waals surface area (Å²) in [6.45, 7) is 0. The number of amides is 1. The van der Waals surface area contributed by atoms with Crippen LogP contribution >= 0.6 is 15.9 Å². The molecule has 18 heavy (non-hydrogen) atoms. The first kappa shape index (κ1) is 12.2. The van der Waals surface area contributed by atoms with Gasteiger partial charge in [0.1, 0.15) is 0 Å². The van der Waals surface area contributed by atoms with Gasteiger partial charge in [-0.05, 0) is 23.4 Å². The van der Waals surface area contributed by atoms with Crippen molar-refractivity contribution in [2.75, 3.05) is 5.32 Å². The van der Waals surface area contributed by atoms with Crippen LogP contribution in [0.3, 0.4) is 0 Å². The zero-order valence-corrected chi connectivity index (χ0v) is 10.3. The summed E-state index contributed by atoms with van der Waals surface area (Å²) in [6, 6.07) is 4.41. The molecule has 9 heteroatoms. The number of nitrogens with one attached hydrogen (secondary N) is 2. The fourth-order valence-corrected chi connectivity index (χ4v) is 1.60. The number of hydrogen-bond donors (Lipinski definition) is 3. The molecule has 0 atom stereocenters. The SMILES string of the molecule is O=C(Nc1cc(Br)ccc1C(=O)O)c1nn[nH]n1. The molecule has 1 heterocycles. The van der Waals surface area contributed by atoms with E-state index in [1.54, 1.807) is 6.07 Å². The number of nitrogens with zero attached hydrogens (tertiary/aromatic N) is 3. The van der Waals surface area contributed by atoms with Crippen LogP contribution in [-0.2, 0) is 0 Å². The fraction of sp³-hybridized carbons (Fsp3) is 0. The molecule has 0 fully saturated rings. The molecule has 0 saturated carbocycles. The van der Waals surface area contributed by atoms with Crippen molar-refractivity contribution >= 4 is 33.5 Å². The summed E-state index contributed by atoms with van der Waals surface area (Å²) in [4.78, 5) is 22.6. The van der Waals surface area contributed by atoms with Crippen molar-refractivity contribution in [3.8, 4) is 0 Å². The number of carbonyl (C=O) groups is 2. The average Bonchev–Trinajstić information content (AvgIpc) is 2.81. The summed E-state index contributed by atoms with van der Waals surface area (Å²) in [5, 5.41) is 23.7. The summed E-state index contributed by atoms with van der Waals surface area (Å²) < 4.78 is 0.635. The molecule has 0 aliphatic rings. The lowest BCUT2D eigenvalue weighted by atomic mass is 10.2. The number of tetrazole rings is 1. The van der Waals surface area contributed by atoms with Crippen LogP contribution in [0.25, 0.3) is 0 Å². The van der Waals surface area contributed by atoms with Crippen molar-refractivity contribution in [2.45, 2.75) is 0 Å². The molecule has 1 aromatic carbocycles. The van der Waals surface area contributed by atoms with E-state index in [1.165, 1.54) is 12.1 Å². The Labute approximate surface area is 109 Å². The molecule has 2 rings (SSSR count). The number of H-pyrrole nitrogens is 1. The minimum Gasteiger partial charge on any atom is -0.478 e. The van der Waals surface area contributed by atoms with Gasteiger partial charge in [0.05, 0.1) is 11.3 Å². The van der Waals surface area contributed by atoms with Crippen LogP contribution in [0.15, 0.2) is 22.7 Å². The summed E-state index contributed by atoms with van der Waals surface area (Å²) in [5.41, 5.74) is 0.113. The molecule has 8 nitrogen and oxygen atoms in total. The molecule has 2 aromatic rings. The molecule has 3 N–H and O–H groups in total. The van der Waals surface area contributed by atoms with Crippen molar-refractivity contribution in [3.05, 3.63) is 34.1 Å². The summed E-state index contributed by atoms with van der Waals surface area (Å²) >= 11 is 3.19. The highest BCUT2D eigenvalue weighted by atomic mass is 79.9. The molecule has 0 aliphatic carbocycles. The number of carboxylic acids is 1. The molecule has 92 valence electrons. The Morgan fingerprint density at radius 3 is 2.78 bits per heavy atom. The van der Waals surface area contributed by atoms with Crippen LogP contribution in [0, 0.1) is 0 Å². The monoisotopic (exact) mass is 311 g/mol. The molecular weight excluding hydrogens is 306 g/mol. The lowest BCUT2D eigenvalue weighted by Crippen LogP contribution is -2.16. The van der Waals surface area contributed by atoms with E-state index in [2.05, 4.69) is 41.9 Å². The van der Waals surface area contributed by atoms with Gasteiger partial charge < -0.3 is 10.4 Å². The van der Waals surface area contributed by atoms with Crippen LogP contribution in [-0.4, -0.2) is 37.6 Å². The molecule has 1 amide bonds. The molecule has 0 radical (unpaired) electrons. The Balaban J connectivity index is 2.31. The Kier molecular flexibility index (Phi) is 3.33. The first-order valence-corrected chi connectivity index (χ1v) is 5.45. The van der Waals surface area contributed by atoms with Gasteiger partial charge in [-0.3, -0.25) is 4.79 Å².